The number of ether oxygens (including phenoxy) is 1. The zero-order chi connectivity index (χ0) is 21.8. The first-order valence-corrected chi connectivity index (χ1v) is 12.1. The van der Waals surface area contributed by atoms with Crippen LogP contribution >= 0.6 is 0 Å². The van der Waals surface area contributed by atoms with Crippen molar-refractivity contribution < 1.29 is 9.53 Å². The molecule has 31 heavy (non-hydrogen) atoms. The second-order valence-corrected chi connectivity index (χ2v) is 9.39. The lowest BCUT2D eigenvalue weighted by molar-refractivity contribution is -0.154. The van der Waals surface area contributed by atoms with Crippen molar-refractivity contribution in [2.45, 2.75) is 76.8 Å². The highest BCUT2D eigenvalue weighted by molar-refractivity contribution is 5.84. The van der Waals surface area contributed by atoms with Crippen LogP contribution in [0.4, 0.5) is 0 Å². The number of methoxy groups -OCH3 is 1. The summed E-state index contributed by atoms with van der Waals surface area (Å²) in [5, 5.41) is 0. The van der Waals surface area contributed by atoms with Gasteiger partial charge in [0.05, 0.1) is 18.1 Å². The summed E-state index contributed by atoms with van der Waals surface area (Å²) in [7, 11) is 1.44. The van der Waals surface area contributed by atoms with Gasteiger partial charge in [0.15, 0.2) is 0 Å². The van der Waals surface area contributed by atoms with Crippen molar-refractivity contribution in [3.05, 3.63) is 34.7 Å². The number of esters is 1. The minimum Gasteiger partial charge on any atom is -0.467 e. The number of hydrogen-bond acceptors (Lipinski definition) is 4. The Bertz CT molecular complexity index is 945. The maximum absolute atomic E-state index is 13.4. The van der Waals surface area contributed by atoms with Crippen LogP contribution in [-0.2, 0) is 21.6 Å². The van der Waals surface area contributed by atoms with E-state index >= 15 is 0 Å². The molecule has 170 valence electrons. The van der Waals surface area contributed by atoms with Gasteiger partial charge in [-0.2, -0.15) is 0 Å². The third kappa shape index (κ3) is 4.19. The van der Waals surface area contributed by atoms with Crippen molar-refractivity contribution >= 4 is 17.0 Å². The van der Waals surface area contributed by atoms with Crippen molar-refractivity contribution in [1.29, 1.82) is 0 Å². The van der Waals surface area contributed by atoms with E-state index in [9.17, 15) is 9.59 Å². The minimum atomic E-state index is -0.927. The average Bonchev–Trinajstić information content (AvgIpc) is 3.07. The number of likely N-dealkylation sites (tertiary alicyclic amines) is 1. The molecule has 6 heteroatoms. The van der Waals surface area contributed by atoms with Gasteiger partial charge in [-0.15, -0.1) is 0 Å². The van der Waals surface area contributed by atoms with Crippen LogP contribution in [0.2, 0.25) is 0 Å². The van der Waals surface area contributed by atoms with Crippen molar-refractivity contribution in [2.75, 3.05) is 26.7 Å². The van der Waals surface area contributed by atoms with Gasteiger partial charge in [-0.3, -0.25) is 9.13 Å². The number of piperidine rings is 1. The van der Waals surface area contributed by atoms with Gasteiger partial charge in [0, 0.05) is 26.2 Å². The molecule has 2 fully saturated rings. The highest BCUT2D eigenvalue weighted by Gasteiger charge is 2.46. The highest BCUT2D eigenvalue weighted by Crippen LogP contribution is 2.35. The molecule has 1 aromatic carbocycles. The molecular weight excluding hydrogens is 390 g/mol. The van der Waals surface area contributed by atoms with E-state index in [1.54, 1.807) is 9.13 Å². The fourth-order valence-electron chi connectivity index (χ4n) is 5.83. The van der Waals surface area contributed by atoms with Gasteiger partial charge in [0.1, 0.15) is 5.54 Å². The molecule has 1 saturated heterocycles. The number of nitrogens with zero attached hydrogens (tertiary/aromatic N) is 3. The molecule has 2 aliphatic rings. The Hall–Kier alpha value is -2.08. The maximum Gasteiger partial charge on any atom is 0.332 e. The van der Waals surface area contributed by atoms with E-state index in [0.29, 0.717) is 19.4 Å². The number of imidazole rings is 1. The minimum absolute atomic E-state index is 0.109. The lowest BCUT2D eigenvalue weighted by Gasteiger charge is -2.41. The van der Waals surface area contributed by atoms with Crippen LogP contribution in [0.1, 0.15) is 64.7 Å². The van der Waals surface area contributed by atoms with Crippen LogP contribution in [0.15, 0.2) is 29.1 Å². The van der Waals surface area contributed by atoms with E-state index in [-0.39, 0.29) is 11.7 Å². The first-order valence-electron chi connectivity index (χ1n) is 12.1. The monoisotopic (exact) mass is 427 g/mol. The van der Waals surface area contributed by atoms with Gasteiger partial charge < -0.3 is 9.64 Å². The van der Waals surface area contributed by atoms with E-state index in [1.807, 2.05) is 31.2 Å². The SMILES string of the molecule is CCn1c(=O)n(C2(C(=O)OC)CCN(CC3CCCCCCC3)CC2)c2ccccc21. The topological polar surface area (TPSA) is 56.5 Å². The fraction of sp³-hybridized carbons (Fsp3) is 0.680. The molecule has 0 unspecified atom stereocenters. The number of fused-ring (bicyclic) bond motifs is 1. The summed E-state index contributed by atoms with van der Waals surface area (Å²) < 4.78 is 8.79. The van der Waals surface area contributed by atoms with Crippen LogP contribution in [-0.4, -0.2) is 46.7 Å². The smallest absolute Gasteiger partial charge is 0.332 e. The van der Waals surface area contributed by atoms with Gasteiger partial charge in [0.2, 0.25) is 0 Å². The molecule has 6 nitrogen and oxygen atoms in total. The molecular formula is C25H37N3O3. The molecule has 0 bridgehead atoms. The summed E-state index contributed by atoms with van der Waals surface area (Å²) in [5.41, 5.74) is 0.676. The average molecular weight is 428 g/mol. The second kappa shape index (κ2) is 9.60. The summed E-state index contributed by atoms with van der Waals surface area (Å²) in [5.74, 6) is 0.467. The second-order valence-electron chi connectivity index (χ2n) is 9.39. The molecule has 1 aliphatic heterocycles. The van der Waals surface area contributed by atoms with E-state index in [1.165, 1.54) is 52.1 Å². The molecule has 1 saturated carbocycles. The van der Waals surface area contributed by atoms with Crippen LogP contribution < -0.4 is 5.69 Å². The van der Waals surface area contributed by atoms with Crippen LogP contribution in [0, 0.1) is 5.92 Å². The molecule has 0 radical (unpaired) electrons. The fourth-order valence-corrected chi connectivity index (χ4v) is 5.83. The normalized spacial score (nSPS) is 21.0. The molecule has 0 amide bonds. The van der Waals surface area contributed by atoms with Gasteiger partial charge in [-0.05, 0) is 50.7 Å². The van der Waals surface area contributed by atoms with Crippen molar-refractivity contribution in [2.24, 2.45) is 5.92 Å². The van der Waals surface area contributed by atoms with Crippen molar-refractivity contribution in [3.63, 3.8) is 0 Å². The van der Waals surface area contributed by atoms with Gasteiger partial charge in [-0.1, -0.05) is 44.2 Å². The van der Waals surface area contributed by atoms with E-state index in [0.717, 1.165) is 36.6 Å². The summed E-state index contributed by atoms with van der Waals surface area (Å²) >= 11 is 0. The Morgan fingerprint density at radius 2 is 1.65 bits per heavy atom. The van der Waals surface area contributed by atoms with Crippen molar-refractivity contribution in [1.82, 2.24) is 14.0 Å². The summed E-state index contributed by atoms with van der Waals surface area (Å²) in [4.78, 5) is 29.1. The third-order valence-electron chi connectivity index (χ3n) is 7.57. The predicted octanol–water partition coefficient (Wildman–Crippen LogP) is 4.15. The molecule has 0 spiro atoms. The number of hydrogen-bond donors (Lipinski definition) is 0. The van der Waals surface area contributed by atoms with Gasteiger partial charge >= 0.3 is 11.7 Å². The number of benzene rings is 1. The lowest BCUT2D eigenvalue weighted by Crippen LogP contribution is -2.55. The van der Waals surface area contributed by atoms with E-state index < -0.39 is 5.54 Å². The Labute approximate surface area is 185 Å². The molecule has 0 atom stereocenters. The molecule has 1 aliphatic carbocycles. The molecule has 4 rings (SSSR count). The molecule has 2 heterocycles. The Morgan fingerprint density at radius 1 is 1.03 bits per heavy atom. The molecule has 2 aromatic rings. The summed E-state index contributed by atoms with van der Waals surface area (Å²) in [6, 6.07) is 7.80. The largest absolute Gasteiger partial charge is 0.467 e. The molecule has 1 aromatic heterocycles. The lowest BCUT2D eigenvalue weighted by atomic mass is 9.85. The van der Waals surface area contributed by atoms with Crippen LogP contribution in [0.25, 0.3) is 11.0 Å². The number of aromatic nitrogens is 2. The summed E-state index contributed by atoms with van der Waals surface area (Å²) in [6.07, 6.45) is 10.7. The summed E-state index contributed by atoms with van der Waals surface area (Å²) in [6.45, 7) is 5.31. The number of carbonyl (C=O) groups excluding carboxylic acids is 1. The predicted molar refractivity (Wildman–Crippen MR) is 123 cm³/mol. The van der Waals surface area contributed by atoms with Gasteiger partial charge in [-0.25, -0.2) is 9.59 Å². The Balaban J connectivity index is 1.60. The van der Waals surface area contributed by atoms with E-state index in [2.05, 4.69) is 4.90 Å². The quantitative estimate of drug-likeness (QED) is 0.673. The Kier molecular flexibility index (Phi) is 6.85. The molecule has 0 N–H and O–H groups in total. The number of carbonyl (C=O) groups is 1. The first kappa shape index (κ1) is 22.1. The highest BCUT2D eigenvalue weighted by atomic mass is 16.5. The number of rotatable bonds is 5. The zero-order valence-corrected chi connectivity index (χ0v) is 19.1. The third-order valence-corrected chi connectivity index (χ3v) is 7.57. The number of para-hydroxylation sites is 2. The maximum atomic E-state index is 13.4. The van der Waals surface area contributed by atoms with Crippen LogP contribution in [0.3, 0.4) is 0 Å². The number of aryl methyl sites for hydroxylation is 1. The van der Waals surface area contributed by atoms with Crippen molar-refractivity contribution in [3.8, 4) is 0 Å². The first-order chi connectivity index (χ1) is 15.1. The van der Waals surface area contributed by atoms with Crippen LogP contribution in [0.5, 0.6) is 0 Å². The standard InChI is InChI=1S/C25H37N3O3/c1-3-27-21-13-9-10-14-22(21)28(24(27)30)25(23(29)31-2)15-17-26(18-16-25)19-20-11-7-5-4-6-8-12-20/h9-10,13-14,20H,3-8,11-12,15-19H2,1-2H3. The zero-order valence-electron chi connectivity index (χ0n) is 19.1. The van der Waals surface area contributed by atoms with Gasteiger partial charge in [0.25, 0.3) is 0 Å². The Morgan fingerprint density at radius 3 is 2.26 bits per heavy atom. The van der Waals surface area contributed by atoms with E-state index in [4.69, 9.17) is 4.74 Å².